The molecule has 4 aromatic heterocycles. The second-order valence-corrected chi connectivity index (χ2v) is 16.8. The number of ether oxygens (including phenoxy) is 2. The van der Waals surface area contributed by atoms with Crippen molar-refractivity contribution in [3.63, 3.8) is 0 Å². The Morgan fingerprint density at radius 2 is 1.63 bits per heavy atom. The van der Waals surface area contributed by atoms with Gasteiger partial charge in [0.05, 0.1) is 28.6 Å². The van der Waals surface area contributed by atoms with Crippen molar-refractivity contribution in [1.82, 2.24) is 34.2 Å². The lowest BCUT2D eigenvalue weighted by Crippen LogP contribution is -2.44. The highest BCUT2D eigenvalue weighted by atomic mass is 19.3. The number of pyridine rings is 1. The number of carbonyl (C=O) groups is 3. The Hall–Kier alpha value is -6.33. The van der Waals surface area contributed by atoms with Crippen LogP contribution in [0.25, 0.3) is 28.2 Å². The Morgan fingerprint density at radius 3 is 2.40 bits per heavy atom. The van der Waals surface area contributed by atoms with Gasteiger partial charge in [0.15, 0.2) is 11.4 Å². The van der Waals surface area contributed by atoms with Crippen LogP contribution >= 0.6 is 0 Å². The fourth-order valence-electron chi connectivity index (χ4n) is 8.15. The third-order valence-electron chi connectivity index (χ3n) is 12.0. The Bertz CT molecular complexity index is 2670. The number of piperidine rings is 1. The van der Waals surface area contributed by atoms with Crippen molar-refractivity contribution in [3.8, 4) is 17.1 Å². The number of alkyl halides is 2. The Kier molecular flexibility index (Phi) is 14.7. The lowest BCUT2D eigenvalue weighted by Gasteiger charge is -2.21. The molecule has 8 rings (SSSR count). The number of halogens is 2. The second kappa shape index (κ2) is 21.1. The van der Waals surface area contributed by atoms with Gasteiger partial charge in [-0.1, -0.05) is 37.5 Å². The van der Waals surface area contributed by atoms with E-state index in [2.05, 4.69) is 25.7 Å². The molecule has 2 N–H and O–H groups in total. The lowest BCUT2D eigenvalue weighted by atomic mass is 10.1. The number of oxazole rings is 1. The minimum atomic E-state index is -2.91. The summed E-state index contributed by atoms with van der Waals surface area (Å²) in [6.45, 7) is 2.50. The molecule has 1 saturated carbocycles. The molecular formula is C48H54F2N8O7. The number of carbonyl (C=O) groups excluding carboxylic acids is 3. The lowest BCUT2D eigenvalue weighted by molar-refractivity contribution is -0.135. The number of amides is 3. The van der Waals surface area contributed by atoms with Crippen LogP contribution in [0.1, 0.15) is 110 Å². The van der Waals surface area contributed by atoms with Crippen molar-refractivity contribution in [2.45, 2.75) is 95.9 Å². The van der Waals surface area contributed by atoms with Crippen LogP contribution in [0.15, 0.2) is 82.5 Å². The molecule has 0 radical (unpaired) electrons. The third-order valence-corrected chi connectivity index (χ3v) is 12.0. The summed E-state index contributed by atoms with van der Waals surface area (Å²) in [4.78, 5) is 58.9. The number of aryl methyl sites for hydroxylation is 4. The summed E-state index contributed by atoms with van der Waals surface area (Å²) in [5.74, 6) is -0.419. The van der Waals surface area contributed by atoms with Gasteiger partial charge in [0.25, 0.3) is 12.3 Å². The van der Waals surface area contributed by atoms with E-state index in [4.69, 9.17) is 13.9 Å². The molecular weight excluding hydrogens is 839 g/mol. The topological polar surface area (TPSA) is 177 Å². The molecule has 1 atom stereocenters. The molecule has 17 heteroatoms. The van der Waals surface area contributed by atoms with Crippen molar-refractivity contribution in [2.24, 2.45) is 13.0 Å². The van der Waals surface area contributed by atoms with Crippen LogP contribution in [-0.2, 0) is 45.4 Å². The first kappa shape index (κ1) is 45.2. The van der Waals surface area contributed by atoms with Gasteiger partial charge in [0, 0.05) is 57.4 Å². The molecule has 5 heterocycles. The standard InChI is InChI=1S/C48H54F2N8O7/c1-56-41-27-33(14-18-39(41)58(48(56)62)40-19-20-42(59)54-46(40)61)8-5-24-64-26-6-25-63-23-4-2-3-7-31-12-16-36(17-13-31)57-29-37(43(55-57)44(49)50)52-45(60)38-30-65-47(53-38)34-21-22-51-35(28-34)15-11-32-9-10-32/h12-14,16-18,21-22,27-30,32,40,44H,2-11,15,19-20,23-26H2,1H3,(H,52,60)(H,54,59,61). The van der Waals surface area contributed by atoms with E-state index in [0.717, 1.165) is 86.0 Å². The Morgan fingerprint density at radius 1 is 0.877 bits per heavy atom. The van der Waals surface area contributed by atoms with Gasteiger partial charge in [-0.2, -0.15) is 5.10 Å². The molecule has 3 amide bonds. The highest BCUT2D eigenvalue weighted by molar-refractivity contribution is 6.03. The summed E-state index contributed by atoms with van der Waals surface area (Å²) in [6, 6.07) is 16.3. The number of imide groups is 1. The predicted octanol–water partition coefficient (Wildman–Crippen LogP) is 7.85. The summed E-state index contributed by atoms with van der Waals surface area (Å²) in [5.41, 5.74) is 4.84. The minimum absolute atomic E-state index is 0.0399. The molecule has 1 unspecified atom stereocenters. The van der Waals surface area contributed by atoms with Gasteiger partial charge in [-0.15, -0.1) is 0 Å². The first-order chi connectivity index (χ1) is 31.6. The molecule has 6 aromatic rings. The molecule has 2 aliphatic rings. The quantitative estimate of drug-likeness (QED) is 0.0476. The van der Waals surface area contributed by atoms with E-state index < -0.39 is 30.0 Å². The van der Waals surface area contributed by atoms with Gasteiger partial charge in [0.1, 0.15) is 12.3 Å². The van der Waals surface area contributed by atoms with Gasteiger partial charge in [0.2, 0.25) is 17.7 Å². The largest absolute Gasteiger partial charge is 0.444 e. The van der Waals surface area contributed by atoms with Crippen LogP contribution in [0, 0.1) is 5.92 Å². The monoisotopic (exact) mass is 892 g/mol. The van der Waals surface area contributed by atoms with Crippen LogP contribution in [0.5, 0.6) is 0 Å². The molecule has 65 heavy (non-hydrogen) atoms. The maximum absolute atomic E-state index is 14.0. The van der Waals surface area contributed by atoms with Crippen LogP contribution in [0.3, 0.4) is 0 Å². The predicted molar refractivity (Wildman–Crippen MR) is 238 cm³/mol. The van der Waals surface area contributed by atoms with Gasteiger partial charge in [-0.05, 0) is 111 Å². The van der Waals surface area contributed by atoms with E-state index in [1.54, 1.807) is 23.9 Å². The van der Waals surface area contributed by atoms with Crippen molar-refractivity contribution >= 4 is 34.4 Å². The number of fused-ring (bicyclic) bond motifs is 1. The zero-order valence-electron chi connectivity index (χ0n) is 36.5. The van der Waals surface area contributed by atoms with Crippen molar-refractivity contribution in [1.29, 1.82) is 0 Å². The fraction of sp³-hybridized carbons (Fsp3) is 0.438. The molecule has 2 aromatic carbocycles. The molecule has 1 aliphatic heterocycles. The Balaban J connectivity index is 0.698. The first-order valence-corrected chi connectivity index (χ1v) is 22.5. The first-order valence-electron chi connectivity index (χ1n) is 22.5. The number of nitrogens with zero attached hydrogens (tertiary/aromatic N) is 6. The highest BCUT2D eigenvalue weighted by Gasteiger charge is 2.31. The van der Waals surface area contributed by atoms with Crippen molar-refractivity contribution < 1.29 is 37.1 Å². The number of imidazole rings is 1. The van der Waals surface area contributed by atoms with Gasteiger partial charge in [-0.25, -0.2) is 23.2 Å². The minimum Gasteiger partial charge on any atom is -0.444 e. The highest BCUT2D eigenvalue weighted by Crippen LogP contribution is 2.34. The summed E-state index contributed by atoms with van der Waals surface area (Å²) >= 11 is 0. The van der Waals surface area contributed by atoms with Gasteiger partial charge < -0.3 is 19.2 Å². The van der Waals surface area contributed by atoms with E-state index in [-0.39, 0.29) is 35.3 Å². The fourth-order valence-corrected chi connectivity index (χ4v) is 8.15. The molecule has 0 spiro atoms. The second-order valence-electron chi connectivity index (χ2n) is 16.8. The molecule has 342 valence electrons. The molecule has 1 aliphatic carbocycles. The van der Waals surface area contributed by atoms with E-state index in [9.17, 15) is 28.0 Å². The van der Waals surface area contributed by atoms with E-state index in [0.29, 0.717) is 49.6 Å². The third kappa shape index (κ3) is 11.5. The Labute approximate surface area is 374 Å². The van der Waals surface area contributed by atoms with Crippen LogP contribution in [0.4, 0.5) is 14.5 Å². The zero-order chi connectivity index (χ0) is 45.3. The molecule has 0 bridgehead atoms. The van der Waals surface area contributed by atoms with Crippen molar-refractivity contribution in [3.05, 3.63) is 112 Å². The number of nitrogens with one attached hydrogen (secondary N) is 2. The number of unbranched alkanes of at least 4 members (excludes halogenated alkanes) is 2. The van der Waals surface area contributed by atoms with Gasteiger partial charge >= 0.3 is 5.69 Å². The van der Waals surface area contributed by atoms with Crippen LogP contribution in [0.2, 0.25) is 0 Å². The zero-order valence-corrected chi connectivity index (χ0v) is 36.5. The number of hydrogen-bond donors (Lipinski definition) is 2. The molecule has 1 saturated heterocycles. The van der Waals surface area contributed by atoms with Crippen LogP contribution < -0.4 is 16.3 Å². The average molecular weight is 893 g/mol. The number of benzene rings is 2. The molecule has 15 nitrogen and oxygen atoms in total. The summed E-state index contributed by atoms with van der Waals surface area (Å²) < 4.78 is 49.7. The molecule has 2 fully saturated rings. The van der Waals surface area contributed by atoms with Gasteiger partial charge in [-0.3, -0.25) is 33.8 Å². The normalized spacial score (nSPS) is 15.3. The number of rotatable bonds is 23. The maximum Gasteiger partial charge on any atom is 0.329 e. The SMILES string of the molecule is Cn1c(=O)n(C2CCC(=O)NC2=O)c2ccc(CCCOCCCOCCCCCc3ccc(-n4cc(NC(=O)c5coc(-c6ccnc(CCC7CC7)c6)n5)c(C(F)F)n4)cc3)cc21. The number of aromatic nitrogens is 6. The summed E-state index contributed by atoms with van der Waals surface area (Å²) in [5, 5.41) is 8.96. The van der Waals surface area contributed by atoms with E-state index in [1.165, 1.54) is 34.6 Å². The smallest absolute Gasteiger partial charge is 0.329 e. The van der Waals surface area contributed by atoms with E-state index in [1.807, 2.05) is 48.5 Å². The van der Waals surface area contributed by atoms with Crippen molar-refractivity contribution in [2.75, 3.05) is 31.7 Å². The summed E-state index contributed by atoms with van der Waals surface area (Å²) in [7, 11) is 1.69. The van der Waals surface area contributed by atoms with Crippen LogP contribution in [-0.4, -0.2) is 73.0 Å². The van der Waals surface area contributed by atoms with E-state index >= 15 is 0 Å². The maximum atomic E-state index is 14.0. The summed E-state index contributed by atoms with van der Waals surface area (Å²) in [6.07, 6.45) is 12.5. The number of hydrogen-bond acceptors (Lipinski definition) is 10. The number of anilines is 1. The average Bonchev–Trinajstić information content (AvgIpc) is 3.72.